The molecule has 1 heterocycles. The summed E-state index contributed by atoms with van der Waals surface area (Å²) < 4.78 is 0. The third-order valence-electron chi connectivity index (χ3n) is 2.33. The van der Waals surface area contributed by atoms with E-state index < -0.39 is 10.5 Å². The first kappa shape index (κ1) is 13.0. The van der Waals surface area contributed by atoms with Gasteiger partial charge >= 0.3 is 0 Å². The van der Waals surface area contributed by atoms with Crippen molar-refractivity contribution in [2.75, 3.05) is 0 Å². The Kier molecular flexibility index (Phi) is 3.43. The van der Waals surface area contributed by atoms with Crippen molar-refractivity contribution in [2.24, 2.45) is 10.2 Å². The van der Waals surface area contributed by atoms with Crippen LogP contribution in [0.3, 0.4) is 0 Å². The number of benzene rings is 1. The number of nitrogens with zero attached hydrogens (tertiary/aromatic N) is 3. The molecule has 1 aromatic carbocycles. The molecule has 0 aliphatic heterocycles. The van der Waals surface area contributed by atoms with Crippen molar-refractivity contribution in [2.45, 2.75) is 6.92 Å². The predicted molar refractivity (Wildman–Crippen MR) is 68.4 cm³/mol. The molecule has 0 saturated carbocycles. The highest BCUT2D eigenvalue weighted by Gasteiger charge is 2.12. The molecule has 0 radical (unpaired) electrons. The Morgan fingerprint density at radius 1 is 1.32 bits per heavy atom. The largest absolute Gasteiger partial charge is 0.300 e. The van der Waals surface area contributed by atoms with E-state index in [9.17, 15) is 14.9 Å². The van der Waals surface area contributed by atoms with Gasteiger partial charge in [0.15, 0.2) is 5.69 Å². The number of halogens is 1. The van der Waals surface area contributed by atoms with E-state index in [1.54, 1.807) is 6.92 Å². The predicted octanol–water partition coefficient (Wildman–Crippen LogP) is 2.99. The zero-order valence-corrected chi connectivity index (χ0v) is 10.4. The van der Waals surface area contributed by atoms with Crippen LogP contribution < -0.4 is 5.56 Å². The maximum Gasteiger partial charge on any atom is 0.291 e. The van der Waals surface area contributed by atoms with E-state index in [1.165, 1.54) is 18.2 Å². The lowest BCUT2D eigenvalue weighted by Gasteiger charge is -1.96. The highest BCUT2D eigenvalue weighted by Crippen LogP contribution is 2.29. The molecule has 0 aliphatic rings. The van der Waals surface area contributed by atoms with E-state index in [-0.39, 0.29) is 22.1 Å². The number of aromatic amines is 2. The Morgan fingerprint density at radius 3 is 2.63 bits per heavy atom. The molecular formula is C10H8ClN5O3. The summed E-state index contributed by atoms with van der Waals surface area (Å²) in [6, 6.07) is 4.00. The maximum atomic E-state index is 11.3. The minimum absolute atomic E-state index is 0.0135. The molecule has 2 N–H and O–H groups in total. The van der Waals surface area contributed by atoms with Gasteiger partial charge in [-0.25, -0.2) is 0 Å². The highest BCUT2D eigenvalue weighted by atomic mass is 35.5. The van der Waals surface area contributed by atoms with Gasteiger partial charge in [0, 0.05) is 6.07 Å². The van der Waals surface area contributed by atoms with Crippen molar-refractivity contribution in [1.82, 2.24) is 10.2 Å². The summed E-state index contributed by atoms with van der Waals surface area (Å²) in [5.41, 5.74) is 0.202. The summed E-state index contributed by atoms with van der Waals surface area (Å²) in [5, 5.41) is 23.2. The van der Waals surface area contributed by atoms with Gasteiger partial charge in [-0.2, -0.15) is 5.11 Å². The molecule has 1 aromatic heterocycles. The van der Waals surface area contributed by atoms with Gasteiger partial charge in [-0.3, -0.25) is 20.0 Å². The Labute approximate surface area is 111 Å². The third-order valence-corrected chi connectivity index (χ3v) is 2.65. The number of nitro benzene ring substituents is 1. The van der Waals surface area contributed by atoms with Crippen LogP contribution in [0.5, 0.6) is 0 Å². The SMILES string of the molecule is Cc1[nH][nH]c(=O)c1N=Nc1ccc(Cl)c([N+](=O)[O-])c1. The van der Waals surface area contributed by atoms with E-state index in [0.29, 0.717) is 5.69 Å². The summed E-state index contributed by atoms with van der Waals surface area (Å²) in [4.78, 5) is 21.4. The second kappa shape index (κ2) is 5.02. The Morgan fingerprint density at radius 2 is 2.05 bits per heavy atom. The molecule has 0 unspecified atom stereocenters. The number of azo groups is 1. The monoisotopic (exact) mass is 281 g/mol. The van der Waals surface area contributed by atoms with Gasteiger partial charge in [-0.1, -0.05) is 11.6 Å². The minimum Gasteiger partial charge on any atom is -0.300 e. The Balaban J connectivity index is 2.37. The second-order valence-corrected chi connectivity index (χ2v) is 4.05. The Bertz CT molecular complexity index is 718. The first-order valence-electron chi connectivity index (χ1n) is 5.12. The van der Waals surface area contributed by atoms with Crippen LogP contribution in [0.25, 0.3) is 0 Å². The maximum absolute atomic E-state index is 11.3. The van der Waals surface area contributed by atoms with E-state index >= 15 is 0 Å². The third kappa shape index (κ3) is 2.68. The smallest absolute Gasteiger partial charge is 0.291 e. The molecule has 0 atom stereocenters. The zero-order chi connectivity index (χ0) is 14.0. The number of nitrogens with one attached hydrogen (secondary N) is 2. The van der Waals surface area contributed by atoms with Crippen LogP contribution in [0.1, 0.15) is 5.69 Å². The van der Waals surface area contributed by atoms with Crippen molar-refractivity contribution < 1.29 is 4.92 Å². The van der Waals surface area contributed by atoms with Crippen LogP contribution >= 0.6 is 11.6 Å². The molecule has 0 amide bonds. The van der Waals surface area contributed by atoms with E-state index in [1.807, 2.05) is 0 Å². The van der Waals surface area contributed by atoms with Gasteiger partial charge in [-0.15, -0.1) is 5.11 Å². The lowest BCUT2D eigenvalue weighted by molar-refractivity contribution is -0.384. The van der Waals surface area contributed by atoms with Gasteiger partial charge in [0.1, 0.15) is 5.02 Å². The molecule has 9 heteroatoms. The average molecular weight is 282 g/mol. The molecule has 8 nitrogen and oxygen atoms in total. The number of aryl methyl sites for hydroxylation is 1. The number of hydrogen-bond donors (Lipinski definition) is 2. The zero-order valence-electron chi connectivity index (χ0n) is 9.68. The van der Waals surface area contributed by atoms with E-state index in [2.05, 4.69) is 20.4 Å². The second-order valence-electron chi connectivity index (χ2n) is 3.65. The van der Waals surface area contributed by atoms with Crippen LogP contribution in [-0.4, -0.2) is 15.1 Å². The van der Waals surface area contributed by atoms with Gasteiger partial charge in [0.25, 0.3) is 11.2 Å². The quantitative estimate of drug-likeness (QED) is 0.511. The van der Waals surface area contributed by atoms with Gasteiger partial charge < -0.3 is 5.10 Å². The summed E-state index contributed by atoms with van der Waals surface area (Å²) in [5.74, 6) is 0. The fourth-order valence-corrected chi connectivity index (χ4v) is 1.56. The average Bonchev–Trinajstić information content (AvgIpc) is 2.68. The fraction of sp³-hybridized carbons (Fsp3) is 0.100. The van der Waals surface area contributed by atoms with Crippen LogP contribution in [-0.2, 0) is 0 Å². The van der Waals surface area contributed by atoms with E-state index in [0.717, 1.165) is 0 Å². The molecule has 0 fully saturated rings. The Hall–Kier alpha value is -2.48. The molecule has 2 aromatic rings. The summed E-state index contributed by atoms with van der Waals surface area (Å²) in [6.07, 6.45) is 0. The number of hydrogen-bond acceptors (Lipinski definition) is 5. The molecule has 0 bridgehead atoms. The molecular weight excluding hydrogens is 274 g/mol. The van der Waals surface area contributed by atoms with Crippen molar-refractivity contribution in [1.29, 1.82) is 0 Å². The number of aromatic nitrogens is 2. The lowest BCUT2D eigenvalue weighted by Crippen LogP contribution is -1.96. The van der Waals surface area contributed by atoms with Crippen LogP contribution in [0.4, 0.5) is 17.1 Å². The molecule has 0 aliphatic carbocycles. The van der Waals surface area contributed by atoms with Gasteiger partial charge in [-0.05, 0) is 19.1 Å². The lowest BCUT2D eigenvalue weighted by atomic mass is 10.3. The number of nitro groups is 1. The van der Waals surface area contributed by atoms with Crippen LogP contribution in [0.15, 0.2) is 33.2 Å². The van der Waals surface area contributed by atoms with Crippen LogP contribution in [0, 0.1) is 17.0 Å². The topological polar surface area (TPSA) is 117 Å². The summed E-state index contributed by atoms with van der Waals surface area (Å²) in [6.45, 7) is 1.65. The number of rotatable bonds is 3. The minimum atomic E-state index is -0.615. The normalized spacial score (nSPS) is 11.1. The van der Waals surface area contributed by atoms with Crippen molar-refractivity contribution in [3.63, 3.8) is 0 Å². The number of H-pyrrole nitrogens is 2. The molecule has 19 heavy (non-hydrogen) atoms. The van der Waals surface area contributed by atoms with Gasteiger partial charge in [0.2, 0.25) is 0 Å². The van der Waals surface area contributed by atoms with Crippen molar-refractivity contribution >= 4 is 28.7 Å². The standard InChI is InChI=1S/C10H8ClN5O3/c1-5-9(10(17)15-12-5)14-13-6-2-3-7(11)8(4-6)16(18)19/h2-4H,1H3,(H2,12,15,17). The molecule has 98 valence electrons. The molecule has 2 rings (SSSR count). The van der Waals surface area contributed by atoms with Crippen LogP contribution in [0.2, 0.25) is 5.02 Å². The first-order valence-corrected chi connectivity index (χ1v) is 5.50. The summed E-state index contributed by atoms with van der Waals surface area (Å²) >= 11 is 5.67. The van der Waals surface area contributed by atoms with Gasteiger partial charge in [0.05, 0.1) is 16.3 Å². The summed E-state index contributed by atoms with van der Waals surface area (Å²) in [7, 11) is 0. The molecule has 0 saturated heterocycles. The highest BCUT2D eigenvalue weighted by molar-refractivity contribution is 6.32. The fourth-order valence-electron chi connectivity index (χ4n) is 1.37. The van der Waals surface area contributed by atoms with Crippen molar-refractivity contribution in [3.05, 3.63) is 49.4 Å². The van der Waals surface area contributed by atoms with Crippen molar-refractivity contribution in [3.8, 4) is 0 Å². The molecule has 0 spiro atoms. The van der Waals surface area contributed by atoms with E-state index in [4.69, 9.17) is 11.6 Å². The first-order chi connectivity index (χ1) is 8.99.